The first kappa shape index (κ1) is 34.6. The fourth-order valence-electron chi connectivity index (χ4n) is 4.54. The molecule has 0 heterocycles. The highest BCUT2D eigenvalue weighted by Crippen LogP contribution is 2.43. The lowest BCUT2D eigenvalue weighted by molar-refractivity contribution is -0.870. The molecule has 0 spiro atoms. The van der Waals surface area contributed by atoms with Crippen LogP contribution in [0.4, 0.5) is 5.69 Å². The summed E-state index contributed by atoms with van der Waals surface area (Å²) in [5, 5.41) is 3.70. The number of quaternary nitrogens is 1. The second kappa shape index (κ2) is 20.5. The van der Waals surface area contributed by atoms with Crippen LogP contribution in [0, 0.1) is 0 Å². The lowest BCUT2D eigenvalue weighted by atomic mass is 9.88. The Bertz CT molecular complexity index is 823. The van der Waals surface area contributed by atoms with Crippen LogP contribution in [0.25, 0.3) is 10.4 Å². The van der Waals surface area contributed by atoms with Gasteiger partial charge in [0.05, 0.1) is 27.7 Å². The third kappa shape index (κ3) is 18.8. The number of hydrogen-bond acceptors (Lipinski definition) is 4. The van der Waals surface area contributed by atoms with Crippen molar-refractivity contribution in [1.29, 1.82) is 0 Å². The zero-order valence-corrected chi connectivity index (χ0v) is 25.4. The molecule has 38 heavy (non-hydrogen) atoms. The van der Waals surface area contributed by atoms with Crippen molar-refractivity contribution in [3.05, 3.63) is 40.3 Å². The first-order valence-corrected chi connectivity index (χ1v) is 16.2. The number of phosphoric ester groups is 1. The molecule has 218 valence electrons. The molecule has 0 aromatic heterocycles. The number of nitrogens with zero attached hydrogens (tertiary/aromatic N) is 4. The van der Waals surface area contributed by atoms with Crippen molar-refractivity contribution in [2.75, 3.05) is 40.9 Å². The number of hydrogen-bond donors (Lipinski definition) is 1. The number of phosphoric acid groups is 1. The van der Waals surface area contributed by atoms with E-state index in [9.17, 15) is 9.46 Å². The van der Waals surface area contributed by atoms with Crippen LogP contribution in [0.5, 0.6) is 0 Å². The maximum absolute atomic E-state index is 12.0. The van der Waals surface area contributed by atoms with Gasteiger partial charge in [-0.2, -0.15) is 0 Å². The number of azide groups is 1. The lowest BCUT2D eigenvalue weighted by Crippen LogP contribution is -2.37. The Labute approximate surface area is 231 Å². The van der Waals surface area contributed by atoms with Gasteiger partial charge in [-0.3, -0.25) is 9.05 Å². The fourth-order valence-corrected chi connectivity index (χ4v) is 5.28. The zero-order valence-electron chi connectivity index (χ0n) is 24.5. The van der Waals surface area contributed by atoms with Gasteiger partial charge in [0.15, 0.2) is 0 Å². The summed E-state index contributed by atoms with van der Waals surface area (Å²) >= 11 is 0. The monoisotopic (exact) mass is 553 g/mol. The molecule has 2 unspecified atom stereocenters. The van der Waals surface area contributed by atoms with Gasteiger partial charge in [-0.1, -0.05) is 113 Å². The van der Waals surface area contributed by atoms with Gasteiger partial charge in [0.2, 0.25) is 0 Å². The van der Waals surface area contributed by atoms with Gasteiger partial charge in [-0.05, 0) is 36.3 Å². The molecule has 0 aliphatic carbocycles. The Morgan fingerprint density at radius 2 is 1.34 bits per heavy atom. The fraction of sp³-hybridized carbons (Fsp3) is 0.793. The van der Waals surface area contributed by atoms with Gasteiger partial charge in [-0.25, -0.2) is 4.57 Å². The van der Waals surface area contributed by atoms with Crippen LogP contribution >= 0.6 is 7.82 Å². The average molecular weight is 554 g/mol. The maximum atomic E-state index is 12.0. The molecule has 1 N–H and O–H groups in total. The Morgan fingerprint density at radius 1 is 0.842 bits per heavy atom. The minimum atomic E-state index is -3.96. The maximum Gasteiger partial charge on any atom is 0.472 e. The van der Waals surface area contributed by atoms with E-state index in [4.69, 9.17) is 14.6 Å². The molecule has 0 bridgehead atoms. The summed E-state index contributed by atoms with van der Waals surface area (Å²) in [7, 11) is 2.07. The molecule has 0 aliphatic rings. The molecular weight excluding hydrogens is 499 g/mol. The predicted molar refractivity (Wildman–Crippen MR) is 158 cm³/mol. The van der Waals surface area contributed by atoms with Crippen molar-refractivity contribution >= 4 is 13.5 Å². The van der Waals surface area contributed by atoms with Crippen LogP contribution in [-0.4, -0.2) is 50.3 Å². The Morgan fingerprint density at radius 3 is 1.87 bits per heavy atom. The first-order chi connectivity index (χ1) is 18.2. The van der Waals surface area contributed by atoms with E-state index in [0.717, 1.165) is 38.5 Å². The smallest absolute Gasteiger partial charge is 0.329 e. The van der Waals surface area contributed by atoms with E-state index in [-0.39, 0.29) is 13.2 Å². The first-order valence-electron chi connectivity index (χ1n) is 14.7. The van der Waals surface area contributed by atoms with Crippen molar-refractivity contribution < 1.29 is 23.0 Å². The molecule has 1 rings (SSSR count). The molecule has 1 aromatic carbocycles. The summed E-state index contributed by atoms with van der Waals surface area (Å²) in [6.07, 6.45) is 18.1. The number of unbranched alkanes of at least 4 members (excludes halogenated alkanes) is 11. The van der Waals surface area contributed by atoms with Crippen molar-refractivity contribution in [3.8, 4) is 0 Å². The van der Waals surface area contributed by atoms with Crippen molar-refractivity contribution in [3.63, 3.8) is 0 Å². The third-order valence-electron chi connectivity index (χ3n) is 6.90. The number of benzene rings is 1. The predicted octanol–water partition coefficient (Wildman–Crippen LogP) is 9.42. The van der Waals surface area contributed by atoms with Crippen molar-refractivity contribution in [2.45, 2.75) is 109 Å². The highest BCUT2D eigenvalue weighted by Gasteiger charge is 2.22. The van der Waals surface area contributed by atoms with Crippen LogP contribution in [0.3, 0.4) is 0 Å². The van der Waals surface area contributed by atoms with Gasteiger partial charge >= 0.3 is 7.82 Å². The molecule has 0 radical (unpaired) electrons. The van der Waals surface area contributed by atoms with Crippen molar-refractivity contribution in [2.24, 2.45) is 5.11 Å². The molecule has 0 amide bonds. The van der Waals surface area contributed by atoms with E-state index in [2.05, 4.69) is 29.1 Å². The summed E-state index contributed by atoms with van der Waals surface area (Å²) in [6.45, 7) is 3.35. The number of likely N-dealkylation sites (N-methyl/N-ethyl adjacent to an activating group) is 1. The minimum absolute atomic E-state index is 0.200. The van der Waals surface area contributed by atoms with E-state index < -0.39 is 7.82 Å². The molecule has 0 saturated carbocycles. The van der Waals surface area contributed by atoms with Gasteiger partial charge in [0.1, 0.15) is 13.2 Å². The van der Waals surface area contributed by atoms with Crippen LogP contribution in [0.1, 0.15) is 115 Å². The Kier molecular flexibility index (Phi) is 18.7. The molecule has 1 aromatic rings. The Balaban J connectivity index is 2.32. The van der Waals surface area contributed by atoms with Gasteiger partial charge in [0, 0.05) is 10.6 Å². The molecule has 0 aliphatic heterocycles. The van der Waals surface area contributed by atoms with Gasteiger partial charge in [-0.15, -0.1) is 0 Å². The highest BCUT2D eigenvalue weighted by atomic mass is 31.2. The van der Waals surface area contributed by atoms with Gasteiger partial charge < -0.3 is 9.38 Å². The number of rotatable bonds is 24. The highest BCUT2D eigenvalue weighted by molar-refractivity contribution is 7.47. The molecule has 9 heteroatoms. The summed E-state index contributed by atoms with van der Waals surface area (Å²) < 4.78 is 22.8. The van der Waals surface area contributed by atoms with Crippen LogP contribution in [0.15, 0.2) is 29.4 Å². The normalized spacial score (nSPS) is 14.1. The quantitative estimate of drug-likeness (QED) is 0.0344. The average Bonchev–Trinajstić information content (AvgIpc) is 2.85. The molecule has 0 fully saturated rings. The molecule has 0 saturated heterocycles. The van der Waals surface area contributed by atoms with Crippen LogP contribution < -0.4 is 0 Å². The summed E-state index contributed by atoms with van der Waals surface area (Å²) in [4.78, 5) is 12.7. The third-order valence-corrected chi connectivity index (χ3v) is 7.92. The SMILES string of the molecule is CCCCCCCCCCC(CCCCCCCOP(=O)(O)OCC[N+](C)(C)C)c1ccc(N=[N+]=[N-])cc1. The summed E-state index contributed by atoms with van der Waals surface area (Å²) in [6, 6.07) is 8.07. The van der Waals surface area contributed by atoms with Gasteiger partial charge in [0.25, 0.3) is 0 Å². The van der Waals surface area contributed by atoms with E-state index in [1.807, 2.05) is 33.3 Å². The van der Waals surface area contributed by atoms with Crippen LogP contribution in [0.2, 0.25) is 0 Å². The second-order valence-electron chi connectivity index (χ2n) is 11.4. The molecule has 2 atom stereocenters. The standard InChI is InChI=1S/C29H53N4O4P/c1-5-6-7-8-9-10-12-15-18-27(28-20-22-29(23-21-28)31-32-30)19-16-13-11-14-17-25-36-38(34,35)37-26-24-33(2,3)4/h20-23,27H,5-19,24-26H2,1-4H3/p+1. The summed E-state index contributed by atoms with van der Waals surface area (Å²) in [5.41, 5.74) is 10.7. The Hall–Kier alpha value is -1.40. The van der Waals surface area contributed by atoms with E-state index in [0.29, 0.717) is 22.6 Å². The lowest BCUT2D eigenvalue weighted by Gasteiger charge is -2.24. The van der Waals surface area contributed by atoms with E-state index in [1.165, 1.54) is 63.4 Å². The van der Waals surface area contributed by atoms with E-state index in [1.54, 1.807) is 0 Å². The molecule has 8 nitrogen and oxygen atoms in total. The zero-order chi connectivity index (χ0) is 28.1. The van der Waals surface area contributed by atoms with Crippen LogP contribution in [-0.2, 0) is 13.6 Å². The summed E-state index contributed by atoms with van der Waals surface area (Å²) in [5.74, 6) is 0.530. The largest absolute Gasteiger partial charge is 0.472 e. The topological polar surface area (TPSA) is 105 Å². The van der Waals surface area contributed by atoms with Crippen molar-refractivity contribution in [1.82, 2.24) is 0 Å². The van der Waals surface area contributed by atoms with E-state index >= 15 is 0 Å². The molecular formula is C29H54N4O4P+. The second-order valence-corrected chi connectivity index (χ2v) is 12.9. The minimum Gasteiger partial charge on any atom is -0.329 e.